The van der Waals surface area contributed by atoms with Gasteiger partial charge < -0.3 is 10.2 Å². The highest BCUT2D eigenvalue weighted by Crippen LogP contribution is 2.14. The van der Waals surface area contributed by atoms with Gasteiger partial charge in [0.25, 0.3) is 6.43 Å². The molecule has 0 aromatic carbocycles. The van der Waals surface area contributed by atoms with Gasteiger partial charge in [-0.2, -0.15) is 0 Å². The maximum Gasteiger partial charge on any atom is 0.255 e. The van der Waals surface area contributed by atoms with Crippen molar-refractivity contribution in [3.05, 3.63) is 24.0 Å². The summed E-state index contributed by atoms with van der Waals surface area (Å²) in [4.78, 5) is 5.73. The average Bonchev–Trinajstić information content (AvgIpc) is 2.26. The van der Waals surface area contributed by atoms with Gasteiger partial charge in [-0.1, -0.05) is 13.8 Å². The number of alkyl halides is 2. The highest BCUT2D eigenvalue weighted by molar-refractivity contribution is 5.45. The van der Waals surface area contributed by atoms with Crippen molar-refractivity contribution in [1.29, 1.82) is 0 Å². The van der Waals surface area contributed by atoms with Crippen molar-refractivity contribution >= 4 is 5.69 Å². The summed E-state index contributed by atoms with van der Waals surface area (Å²) < 4.78 is 24.5. The van der Waals surface area contributed by atoms with Gasteiger partial charge in [-0.15, -0.1) is 0 Å². The zero-order chi connectivity index (χ0) is 12.8. The van der Waals surface area contributed by atoms with Crippen molar-refractivity contribution < 1.29 is 8.78 Å². The number of halogens is 2. The first-order chi connectivity index (χ1) is 7.99. The lowest BCUT2D eigenvalue weighted by molar-refractivity contribution is 0.156. The van der Waals surface area contributed by atoms with E-state index in [1.165, 1.54) is 4.90 Å². The molecule has 1 N–H and O–H groups in total. The summed E-state index contributed by atoms with van der Waals surface area (Å²) in [5.74, 6) is 0. The van der Waals surface area contributed by atoms with Gasteiger partial charge in [-0.05, 0) is 12.1 Å². The van der Waals surface area contributed by atoms with Crippen LogP contribution in [0.5, 0.6) is 0 Å². The highest BCUT2D eigenvalue weighted by Gasteiger charge is 2.09. The predicted molar refractivity (Wildman–Crippen MR) is 65.5 cm³/mol. The highest BCUT2D eigenvalue weighted by atomic mass is 19.3. The van der Waals surface area contributed by atoms with Crippen LogP contribution in [0.15, 0.2) is 18.3 Å². The van der Waals surface area contributed by atoms with Crippen molar-refractivity contribution in [2.75, 3.05) is 18.5 Å². The molecule has 1 aromatic rings. The molecule has 5 heteroatoms. The van der Waals surface area contributed by atoms with E-state index in [0.717, 1.165) is 11.4 Å². The first-order valence-electron chi connectivity index (χ1n) is 5.66. The van der Waals surface area contributed by atoms with Crippen molar-refractivity contribution in [2.24, 2.45) is 0 Å². The first kappa shape index (κ1) is 13.8. The molecule has 1 rings (SSSR count). The van der Waals surface area contributed by atoms with Crippen LogP contribution in [0, 0.1) is 0 Å². The Bertz CT molecular complexity index is 342. The van der Waals surface area contributed by atoms with E-state index in [2.05, 4.69) is 10.3 Å². The molecule has 96 valence electrons. The van der Waals surface area contributed by atoms with Gasteiger partial charge in [0.15, 0.2) is 0 Å². The second-order valence-electron chi connectivity index (χ2n) is 4.31. The van der Waals surface area contributed by atoms with Crippen LogP contribution in [-0.4, -0.2) is 31.0 Å². The number of pyridine rings is 1. The topological polar surface area (TPSA) is 28.2 Å². The van der Waals surface area contributed by atoms with E-state index >= 15 is 0 Å². The standard InChI is InChI=1S/C12H19F2N3/c1-9(2)16-7-10-6-11(4-5-15-10)17(3)8-12(13)14/h4-6,9,12,16H,7-8H2,1-3H3. The number of hydrogen-bond acceptors (Lipinski definition) is 3. The molecule has 0 saturated carbocycles. The Labute approximate surface area is 101 Å². The van der Waals surface area contributed by atoms with Crippen LogP contribution in [0.2, 0.25) is 0 Å². The van der Waals surface area contributed by atoms with Crippen LogP contribution in [0.3, 0.4) is 0 Å². The Morgan fingerprint density at radius 1 is 1.41 bits per heavy atom. The maximum absolute atomic E-state index is 12.3. The lowest BCUT2D eigenvalue weighted by Gasteiger charge is -2.19. The molecular formula is C12H19F2N3. The van der Waals surface area contributed by atoms with Crippen LogP contribution in [0.4, 0.5) is 14.5 Å². The number of nitrogens with zero attached hydrogens (tertiary/aromatic N) is 2. The van der Waals surface area contributed by atoms with Gasteiger partial charge >= 0.3 is 0 Å². The SMILES string of the molecule is CC(C)NCc1cc(N(C)CC(F)F)ccn1. The summed E-state index contributed by atoms with van der Waals surface area (Å²) in [5.41, 5.74) is 1.62. The Morgan fingerprint density at radius 3 is 2.71 bits per heavy atom. The first-order valence-corrected chi connectivity index (χ1v) is 5.66. The normalized spacial score (nSPS) is 11.2. The molecule has 1 aromatic heterocycles. The van der Waals surface area contributed by atoms with E-state index < -0.39 is 6.43 Å². The fourth-order valence-corrected chi connectivity index (χ4v) is 1.42. The zero-order valence-corrected chi connectivity index (χ0v) is 10.5. The van der Waals surface area contributed by atoms with Crippen LogP contribution >= 0.6 is 0 Å². The monoisotopic (exact) mass is 243 g/mol. The third-order valence-electron chi connectivity index (χ3n) is 2.34. The second kappa shape index (κ2) is 6.49. The molecule has 0 bridgehead atoms. The molecule has 17 heavy (non-hydrogen) atoms. The molecule has 0 atom stereocenters. The molecular weight excluding hydrogens is 224 g/mol. The molecule has 0 aliphatic heterocycles. The summed E-state index contributed by atoms with van der Waals surface area (Å²) >= 11 is 0. The van der Waals surface area contributed by atoms with Crippen LogP contribution in [0.1, 0.15) is 19.5 Å². The summed E-state index contributed by atoms with van der Waals surface area (Å²) in [6.07, 6.45) is -0.681. The summed E-state index contributed by atoms with van der Waals surface area (Å²) in [7, 11) is 1.65. The van der Waals surface area contributed by atoms with E-state index in [1.807, 2.05) is 19.9 Å². The number of hydrogen-bond donors (Lipinski definition) is 1. The summed E-state index contributed by atoms with van der Waals surface area (Å²) in [6, 6.07) is 3.94. The molecule has 3 nitrogen and oxygen atoms in total. The molecule has 0 aliphatic carbocycles. The molecule has 0 unspecified atom stereocenters. The van der Waals surface area contributed by atoms with Crippen LogP contribution in [-0.2, 0) is 6.54 Å². The quantitative estimate of drug-likeness (QED) is 0.830. The van der Waals surface area contributed by atoms with Crippen molar-refractivity contribution in [2.45, 2.75) is 32.9 Å². The van der Waals surface area contributed by atoms with E-state index in [4.69, 9.17) is 0 Å². The van der Waals surface area contributed by atoms with E-state index in [0.29, 0.717) is 12.6 Å². The third-order valence-corrected chi connectivity index (χ3v) is 2.34. The molecule has 0 radical (unpaired) electrons. The van der Waals surface area contributed by atoms with E-state index in [-0.39, 0.29) is 6.54 Å². The Balaban J connectivity index is 2.64. The van der Waals surface area contributed by atoms with Crippen molar-refractivity contribution in [3.63, 3.8) is 0 Å². The lowest BCUT2D eigenvalue weighted by Crippen LogP contribution is -2.25. The Morgan fingerprint density at radius 2 is 2.12 bits per heavy atom. The molecule has 0 fully saturated rings. The summed E-state index contributed by atoms with van der Waals surface area (Å²) in [5, 5.41) is 3.24. The predicted octanol–water partition coefficient (Wildman–Crippen LogP) is 2.28. The minimum atomic E-state index is -2.33. The smallest absolute Gasteiger partial charge is 0.255 e. The molecule has 0 spiro atoms. The van der Waals surface area contributed by atoms with E-state index in [9.17, 15) is 8.78 Å². The number of anilines is 1. The minimum Gasteiger partial charge on any atom is -0.369 e. The summed E-state index contributed by atoms with van der Waals surface area (Å²) in [6.45, 7) is 4.48. The Hall–Kier alpha value is -1.23. The fourth-order valence-electron chi connectivity index (χ4n) is 1.42. The van der Waals surface area contributed by atoms with Gasteiger partial charge in [0.05, 0.1) is 12.2 Å². The zero-order valence-electron chi connectivity index (χ0n) is 10.5. The van der Waals surface area contributed by atoms with Gasteiger partial charge in [0, 0.05) is 31.5 Å². The van der Waals surface area contributed by atoms with Gasteiger partial charge in [0.1, 0.15) is 0 Å². The molecule has 0 aliphatic rings. The largest absolute Gasteiger partial charge is 0.369 e. The van der Waals surface area contributed by atoms with Crippen LogP contribution in [0.25, 0.3) is 0 Å². The average molecular weight is 243 g/mol. The van der Waals surface area contributed by atoms with Crippen molar-refractivity contribution in [3.8, 4) is 0 Å². The fraction of sp³-hybridized carbons (Fsp3) is 0.583. The second-order valence-corrected chi connectivity index (χ2v) is 4.31. The lowest BCUT2D eigenvalue weighted by atomic mass is 10.2. The van der Waals surface area contributed by atoms with Gasteiger partial charge in [-0.25, -0.2) is 8.78 Å². The van der Waals surface area contributed by atoms with Crippen LogP contribution < -0.4 is 10.2 Å². The van der Waals surface area contributed by atoms with Gasteiger partial charge in [-0.3, -0.25) is 4.98 Å². The number of rotatable bonds is 6. The van der Waals surface area contributed by atoms with Crippen molar-refractivity contribution in [1.82, 2.24) is 10.3 Å². The van der Waals surface area contributed by atoms with E-state index in [1.54, 1.807) is 19.3 Å². The minimum absolute atomic E-state index is 0.263. The van der Waals surface area contributed by atoms with Gasteiger partial charge in [0.2, 0.25) is 0 Å². The third kappa shape index (κ3) is 5.08. The molecule has 0 amide bonds. The number of aromatic nitrogens is 1. The molecule has 0 saturated heterocycles. The number of nitrogens with one attached hydrogen (secondary N) is 1. The molecule has 1 heterocycles. The Kier molecular flexibility index (Phi) is 5.28. The maximum atomic E-state index is 12.3.